The van der Waals surface area contributed by atoms with E-state index in [1.165, 1.54) is 24.2 Å². The molecule has 0 aromatic rings. The van der Waals surface area contributed by atoms with Gasteiger partial charge < -0.3 is 15.3 Å². The molecule has 0 spiro atoms. The highest BCUT2D eigenvalue weighted by molar-refractivity contribution is 5.83. The van der Waals surface area contributed by atoms with Gasteiger partial charge in [-0.15, -0.1) is 0 Å². The largest absolute Gasteiger partial charge is 0.480 e. The van der Waals surface area contributed by atoms with Crippen LogP contribution >= 0.6 is 0 Å². The van der Waals surface area contributed by atoms with Crippen molar-refractivity contribution < 1.29 is 14.7 Å². The van der Waals surface area contributed by atoms with E-state index in [4.69, 9.17) is 5.11 Å². The Bertz CT molecular complexity index is 332. The van der Waals surface area contributed by atoms with E-state index in [-0.39, 0.29) is 6.03 Å². The van der Waals surface area contributed by atoms with Gasteiger partial charge in [-0.1, -0.05) is 19.8 Å². The number of amides is 2. The number of nitrogens with zero attached hydrogens (tertiary/aromatic N) is 1. The smallest absolute Gasteiger partial charge is 0.326 e. The van der Waals surface area contributed by atoms with Gasteiger partial charge in [0.25, 0.3) is 0 Å². The Kier molecular flexibility index (Phi) is 4.09. The van der Waals surface area contributed by atoms with E-state index in [2.05, 4.69) is 12.2 Å². The number of aliphatic carboxylic acids is 1. The van der Waals surface area contributed by atoms with Crippen LogP contribution in [0, 0.1) is 11.8 Å². The molecule has 1 aliphatic carbocycles. The van der Waals surface area contributed by atoms with Crippen molar-refractivity contribution in [2.45, 2.75) is 45.1 Å². The first-order valence-corrected chi connectivity index (χ1v) is 6.87. The molecule has 1 aliphatic heterocycles. The van der Waals surface area contributed by atoms with Gasteiger partial charge in [0, 0.05) is 13.1 Å². The molecule has 1 saturated carbocycles. The number of carboxylic acid groups (broad SMARTS) is 1. The van der Waals surface area contributed by atoms with Crippen molar-refractivity contribution in [2.75, 3.05) is 13.1 Å². The lowest BCUT2D eigenvalue weighted by Gasteiger charge is -2.23. The Morgan fingerprint density at radius 3 is 2.67 bits per heavy atom. The molecule has 2 aliphatic rings. The molecule has 5 nitrogen and oxygen atoms in total. The molecule has 3 atom stereocenters. The van der Waals surface area contributed by atoms with Crippen LogP contribution in [-0.4, -0.2) is 41.1 Å². The molecule has 0 aromatic carbocycles. The number of nitrogens with one attached hydrogen (secondary N) is 1. The van der Waals surface area contributed by atoms with Crippen LogP contribution in [0.1, 0.15) is 39.0 Å². The number of rotatable bonds is 3. The van der Waals surface area contributed by atoms with Gasteiger partial charge in [-0.05, 0) is 31.1 Å². The average molecular weight is 254 g/mol. The Morgan fingerprint density at radius 2 is 2.06 bits per heavy atom. The molecular formula is C13H22N2O3. The molecule has 2 N–H and O–H groups in total. The third-order valence-corrected chi connectivity index (χ3v) is 4.35. The summed E-state index contributed by atoms with van der Waals surface area (Å²) in [7, 11) is 0. The molecular weight excluding hydrogens is 232 g/mol. The fourth-order valence-electron chi connectivity index (χ4n) is 3.11. The summed E-state index contributed by atoms with van der Waals surface area (Å²) in [5.41, 5.74) is 0. The number of urea groups is 1. The van der Waals surface area contributed by atoms with Gasteiger partial charge in [0.1, 0.15) is 6.04 Å². The highest BCUT2D eigenvalue weighted by Gasteiger charge is 2.34. The first-order chi connectivity index (χ1) is 8.59. The number of likely N-dealkylation sites (tertiary alicyclic amines) is 1. The highest BCUT2D eigenvalue weighted by Crippen LogP contribution is 2.30. The molecule has 0 bridgehead atoms. The standard InChI is InChI=1S/C13H22N2O3/c1-9-4-2-5-10(9)8-14-13(18)15-7-3-6-11(15)12(16)17/h9-11H,2-8H2,1H3,(H,14,18)(H,16,17). The van der Waals surface area contributed by atoms with Crippen molar-refractivity contribution in [3.05, 3.63) is 0 Å². The van der Waals surface area contributed by atoms with Crippen molar-refractivity contribution in [3.63, 3.8) is 0 Å². The quantitative estimate of drug-likeness (QED) is 0.805. The molecule has 0 radical (unpaired) electrons. The lowest BCUT2D eigenvalue weighted by Crippen LogP contribution is -2.47. The lowest BCUT2D eigenvalue weighted by molar-refractivity contribution is -0.141. The van der Waals surface area contributed by atoms with Crippen LogP contribution < -0.4 is 5.32 Å². The van der Waals surface area contributed by atoms with Gasteiger partial charge in [-0.2, -0.15) is 0 Å². The van der Waals surface area contributed by atoms with Crippen LogP contribution in [0.25, 0.3) is 0 Å². The predicted molar refractivity (Wildman–Crippen MR) is 67.3 cm³/mol. The third kappa shape index (κ3) is 2.76. The van der Waals surface area contributed by atoms with Crippen LogP contribution in [0.3, 0.4) is 0 Å². The highest BCUT2D eigenvalue weighted by atomic mass is 16.4. The van der Waals surface area contributed by atoms with E-state index >= 15 is 0 Å². The Labute approximate surface area is 108 Å². The predicted octanol–water partition coefficient (Wildman–Crippen LogP) is 1.68. The summed E-state index contributed by atoms with van der Waals surface area (Å²) in [4.78, 5) is 24.4. The van der Waals surface area contributed by atoms with Gasteiger partial charge in [-0.25, -0.2) is 9.59 Å². The third-order valence-electron chi connectivity index (χ3n) is 4.35. The van der Waals surface area contributed by atoms with E-state index in [9.17, 15) is 9.59 Å². The summed E-state index contributed by atoms with van der Waals surface area (Å²) in [6.45, 7) is 3.46. The Hall–Kier alpha value is -1.26. The summed E-state index contributed by atoms with van der Waals surface area (Å²) >= 11 is 0. The number of carbonyl (C=O) groups excluding carboxylic acids is 1. The van der Waals surface area contributed by atoms with Crippen molar-refractivity contribution in [2.24, 2.45) is 11.8 Å². The van der Waals surface area contributed by atoms with Crippen molar-refractivity contribution >= 4 is 12.0 Å². The Morgan fingerprint density at radius 1 is 1.28 bits per heavy atom. The SMILES string of the molecule is CC1CCCC1CNC(=O)N1CCCC1C(=O)O. The zero-order chi connectivity index (χ0) is 13.1. The zero-order valence-electron chi connectivity index (χ0n) is 10.9. The van der Waals surface area contributed by atoms with Gasteiger partial charge in [0.15, 0.2) is 0 Å². The molecule has 0 aromatic heterocycles. The summed E-state index contributed by atoms with van der Waals surface area (Å²) in [6, 6.07) is -0.843. The summed E-state index contributed by atoms with van der Waals surface area (Å²) in [5.74, 6) is 0.330. The topological polar surface area (TPSA) is 69.6 Å². The fourth-order valence-corrected chi connectivity index (χ4v) is 3.11. The zero-order valence-corrected chi connectivity index (χ0v) is 10.9. The molecule has 3 unspecified atom stereocenters. The summed E-state index contributed by atoms with van der Waals surface area (Å²) in [5, 5.41) is 11.9. The van der Waals surface area contributed by atoms with Crippen LogP contribution in [-0.2, 0) is 4.79 Å². The molecule has 1 heterocycles. The minimum absolute atomic E-state index is 0.209. The number of hydrogen-bond donors (Lipinski definition) is 2. The van der Waals surface area contributed by atoms with Gasteiger partial charge in [0.05, 0.1) is 0 Å². The van der Waals surface area contributed by atoms with E-state index in [0.29, 0.717) is 31.3 Å². The van der Waals surface area contributed by atoms with Crippen molar-refractivity contribution in [3.8, 4) is 0 Å². The first-order valence-electron chi connectivity index (χ1n) is 6.87. The van der Waals surface area contributed by atoms with Gasteiger partial charge in [0.2, 0.25) is 0 Å². The minimum Gasteiger partial charge on any atom is -0.480 e. The molecule has 102 valence electrons. The number of carboxylic acids is 1. The van der Waals surface area contributed by atoms with Crippen molar-refractivity contribution in [1.82, 2.24) is 10.2 Å². The Balaban J connectivity index is 1.82. The average Bonchev–Trinajstić information content (AvgIpc) is 2.94. The second-order valence-electron chi connectivity index (χ2n) is 5.54. The van der Waals surface area contributed by atoms with Crippen molar-refractivity contribution in [1.29, 1.82) is 0 Å². The molecule has 18 heavy (non-hydrogen) atoms. The van der Waals surface area contributed by atoms with Crippen LogP contribution in [0.5, 0.6) is 0 Å². The maximum absolute atomic E-state index is 12.0. The lowest BCUT2D eigenvalue weighted by atomic mass is 9.98. The normalized spacial score (nSPS) is 31.6. The second kappa shape index (κ2) is 5.59. The van der Waals surface area contributed by atoms with Crippen LogP contribution in [0.4, 0.5) is 4.79 Å². The monoisotopic (exact) mass is 254 g/mol. The van der Waals surface area contributed by atoms with Crippen LogP contribution in [0.15, 0.2) is 0 Å². The van der Waals surface area contributed by atoms with Crippen LogP contribution in [0.2, 0.25) is 0 Å². The molecule has 2 amide bonds. The van der Waals surface area contributed by atoms with Gasteiger partial charge >= 0.3 is 12.0 Å². The molecule has 5 heteroatoms. The number of hydrogen-bond acceptors (Lipinski definition) is 2. The van der Waals surface area contributed by atoms with E-state index in [1.807, 2.05) is 0 Å². The maximum Gasteiger partial charge on any atom is 0.326 e. The van der Waals surface area contributed by atoms with E-state index in [1.54, 1.807) is 0 Å². The second-order valence-corrected chi connectivity index (χ2v) is 5.54. The molecule has 1 saturated heterocycles. The number of carbonyl (C=O) groups is 2. The maximum atomic E-state index is 12.0. The molecule has 2 rings (SSSR count). The van der Waals surface area contributed by atoms with E-state index in [0.717, 1.165) is 6.42 Å². The van der Waals surface area contributed by atoms with Gasteiger partial charge in [-0.3, -0.25) is 0 Å². The summed E-state index contributed by atoms with van der Waals surface area (Å²) in [6.07, 6.45) is 5.00. The summed E-state index contributed by atoms with van der Waals surface area (Å²) < 4.78 is 0. The van der Waals surface area contributed by atoms with E-state index < -0.39 is 12.0 Å². The fraction of sp³-hybridized carbons (Fsp3) is 0.846. The minimum atomic E-state index is -0.892. The molecule has 2 fully saturated rings. The first kappa shape index (κ1) is 13.2.